The molecule has 1 heterocycles. The first kappa shape index (κ1) is 32.7. The first-order chi connectivity index (χ1) is 18.4. The van der Waals surface area contributed by atoms with Gasteiger partial charge in [0.25, 0.3) is 0 Å². The van der Waals surface area contributed by atoms with Gasteiger partial charge in [-0.15, -0.1) is 4.58 Å². The summed E-state index contributed by atoms with van der Waals surface area (Å²) in [7, 11) is 0.343. The van der Waals surface area contributed by atoms with E-state index in [9.17, 15) is 18.0 Å². The highest BCUT2D eigenvalue weighted by Gasteiger charge is 2.39. The third-order valence-electron chi connectivity index (χ3n) is 5.61. The molecule has 0 unspecified atom stereocenters. The molecule has 0 radical (unpaired) electrons. The van der Waals surface area contributed by atoms with Crippen LogP contribution in [-0.4, -0.2) is 69.4 Å². The number of halogens is 3. The number of alkyl halides is 3. The molecule has 222 valence electrons. The fourth-order valence-corrected chi connectivity index (χ4v) is 3.85. The molecule has 0 bridgehead atoms. The van der Waals surface area contributed by atoms with Crippen molar-refractivity contribution >= 4 is 22.4 Å². The summed E-state index contributed by atoms with van der Waals surface area (Å²) >= 11 is 0. The molecule has 1 amide bonds. The molecular weight excluding hydrogens is 559 g/mol. The van der Waals surface area contributed by atoms with E-state index in [-0.39, 0.29) is 12.1 Å². The molecule has 0 aliphatic carbocycles. The van der Waals surface area contributed by atoms with E-state index in [0.717, 1.165) is 16.7 Å². The number of methoxy groups -OCH3 is 4. The van der Waals surface area contributed by atoms with Crippen LogP contribution in [0.15, 0.2) is 30.3 Å². The van der Waals surface area contributed by atoms with Crippen molar-refractivity contribution in [2.45, 2.75) is 50.8 Å². The number of carbonyl (C=O) groups excluding carboxylic acids is 1. The van der Waals surface area contributed by atoms with Crippen molar-refractivity contribution in [2.24, 2.45) is 0 Å². The van der Waals surface area contributed by atoms with Crippen LogP contribution in [0.3, 0.4) is 0 Å². The summed E-state index contributed by atoms with van der Waals surface area (Å²) in [6, 6.07) is 9.41. The lowest BCUT2D eigenvalue weighted by molar-refractivity contribution is -0.496. The Bertz CT molecular complexity index is 1350. The van der Waals surface area contributed by atoms with Crippen LogP contribution in [-0.2, 0) is 27.7 Å². The van der Waals surface area contributed by atoms with Gasteiger partial charge in [-0.25, -0.2) is 8.42 Å². The maximum Gasteiger partial charge on any atom is 0.597 e. The number of amides is 1. The minimum absolute atomic E-state index is 0.286. The summed E-state index contributed by atoms with van der Waals surface area (Å²) in [5, 5.41) is 0. The van der Waals surface area contributed by atoms with E-state index in [1.165, 1.54) is 0 Å². The smallest absolute Gasteiger partial charge is 0.597 e. The second-order valence-electron chi connectivity index (χ2n) is 9.49. The third-order valence-corrected chi connectivity index (χ3v) is 6.18. The average molecular weight is 592 g/mol. The standard InChI is InChI=1S/C25H32NO6.CHF3O3S/c1-25(2,3)32-24(27)26-11-10-17-14-22(30-6)23(31-7)15-18(17)19(26)12-16-8-9-20(28-4)21(13-16)29-5;2-1(3,4)8(5,6)7/h8-9,11,13-15,19H,10,12H2,1-7H3;(H,5,6,7)/q+1;/p-1/t19-;/m0./s1. The van der Waals surface area contributed by atoms with Crippen LogP contribution in [0.1, 0.15) is 43.5 Å². The van der Waals surface area contributed by atoms with Gasteiger partial charge in [0, 0.05) is 12.0 Å². The second-order valence-corrected chi connectivity index (χ2v) is 10.9. The zero-order chi connectivity index (χ0) is 30.5. The van der Waals surface area contributed by atoms with Crippen LogP contribution in [0, 0.1) is 0 Å². The molecular formula is C26H32F3NO9S. The van der Waals surface area contributed by atoms with Gasteiger partial charge in [0.15, 0.2) is 45.4 Å². The maximum absolute atomic E-state index is 13.1. The van der Waals surface area contributed by atoms with Gasteiger partial charge < -0.3 is 28.2 Å². The molecule has 0 N–H and O–H groups in total. The van der Waals surface area contributed by atoms with Crippen LogP contribution >= 0.6 is 0 Å². The van der Waals surface area contributed by atoms with Crippen LogP contribution < -0.4 is 18.9 Å². The Labute approximate surface area is 231 Å². The molecule has 0 aromatic heterocycles. The molecule has 2 aromatic carbocycles. The second kappa shape index (κ2) is 12.8. The van der Waals surface area contributed by atoms with Gasteiger partial charge in [-0.05, 0) is 56.2 Å². The van der Waals surface area contributed by atoms with Gasteiger partial charge in [0.2, 0.25) is 0 Å². The van der Waals surface area contributed by atoms with Crippen LogP contribution in [0.5, 0.6) is 23.0 Å². The highest BCUT2D eigenvalue weighted by molar-refractivity contribution is 7.86. The third kappa shape index (κ3) is 8.24. The highest BCUT2D eigenvalue weighted by Crippen LogP contribution is 2.38. The Morgan fingerprint density at radius 1 is 0.925 bits per heavy atom. The number of hydrogen-bond donors (Lipinski definition) is 0. The number of ether oxygens (including phenoxy) is 5. The molecule has 0 spiro atoms. The first-order valence-corrected chi connectivity index (χ1v) is 13.2. The van der Waals surface area contributed by atoms with Crippen molar-refractivity contribution in [1.82, 2.24) is 0 Å². The van der Waals surface area contributed by atoms with E-state index >= 15 is 0 Å². The van der Waals surface area contributed by atoms with Crippen molar-refractivity contribution in [1.29, 1.82) is 0 Å². The predicted octanol–water partition coefficient (Wildman–Crippen LogP) is 4.63. The average Bonchev–Trinajstić information content (AvgIpc) is 2.86. The summed E-state index contributed by atoms with van der Waals surface area (Å²) in [5.74, 6) is 2.58. The topological polar surface area (TPSA) is 123 Å². The summed E-state index contributed by atoms with van der Waals surface area (Å²) in [4.78, 5) is 13.1. The minimum Gasteiger partial charge on any atom is -0.741 e. The predicted molar refractivity (Wildman–Crippen MR) is 138 cm³/mol. The molecule has 3 rings (SSSR count). The zero-order valence-corrected chi connectivity index (χ0v) is 23.9. The molecule has 10 nitrogen and oxygen atoms in total. The van der Waals surface area contributed by atoms with Crippen LogP contribution in [0.25, 0.3) is 0 Å². The Morgan fingerprint density at radius 2 is 1.43 bits per heavy atom. The highest BCUT2D eigenvalue weighted by atomic mass is 32.2. The van der Waals surface area contributed by atoms with E-state index in [4.69, 9.17) is 36.7 Å². The van der Waals surface area contributed by atoms with E-state index in [0.29, 0.717) is 35.8 Å². The van der Waals surface area contributed by atoms with Crippen molar-refractivity contribution < 1.29 is 59.2 Å². The molecule has 0 saturated heterocycles. The summed E-state index contributed by atoms with van der Waals surface area (Å²) < 4.78 is 88.1. The lowest BCUT2D eigenvalue weighted by Gasteiger charge is -2.25. The summed E-state index contributed by atoms with van der Waals surface area (Å²) in [6.07, 6.45) is 2.63. The molecule has 2 aromatic rings. The number of hydrogen-bond acceptors (Lipinski definition) is 9. The van der Waals surface area contributed by atoms with E-state index in [2.05, 4.69) is 0 Å². The Balaban J connectivity index is 0.000000611. The molecule has 40 heavy (non-hydrogen) atoms. The Morgan fingerprint density at radius 3 is 1.90 bits per heavy atom. The van der Waals surface area contributed by atoms with Crippen molar-refractivity contribution in [3.8, 4) is 23.0 Å². The number of fused-ring (bicyclic) bond motifs is 1. The lowest BCUT2D eigenvalue weighted by atomic mass is 9.90. The normalized spacial score (nSPS) is 15.1. The molecule has 14 heteroatoms. The van der Waals surface area contributed by atoms with E-state index in [1.807, 2.05) is 57.3 Å². The van der Waals surface area contributed by atoms with Gasteiger partial charge in [-0.2, -0.15) is 18.0 Å². The number of nitrogens with zero attached hydrogens (tertiary/aromatic N) is 1. The molecule has 0 fully saturated rings. The number of carbonyl (C=O) groups is 1. The van der Waals surface area contributed by atoms with Gasteiger partial charge in [0.1, 0.15) is 5.60 Å². The quantitative estimate of drug-likeness (QED) is 0.269. The number of benzene rings is 2. The molecule has 1 atom stereocenters. The van der Waals surface area contributed by atoms with E-state index < -0.39 is 21.2 Å². The lowest BCUT2D eigenvalue weighted by Crippen LogP contribution is -2.37. The minimum atomic E-state index is -6.09. The largest absolute Gasteiger partial charge is 0.741 e. The van der Waals surface area contributed by atoms with Gasteiger partial charge >= 0.3 is 11.6 Å². The van der Waals surface area contributed by atoms with Gasteiger partial charge in [-0.3, -0.25) is 0 Å². The van der Waals surface area contributed by atoms with Crippen LogP contribution in [0.2, 0.25) is 0 Å². The fourth-order valence-electron chi connectivity index (χ4n) is 3.85. The van der Waals surface area contributed by atoms with Crippen molar-refractivity contribution in [3.05, 3.63) is 47.0 Å². The fraction of sp³-hybridized carbons (Fsp3) is 0.462. The molecule has 1 aliphatic heterocycles. The van der Waals surface area contributed by atoms with Gasteiger partial charge in [0.05, 0.1) is 34.9 Å². The number of rotatable bonds is 6. The Hall–Kier alpha value is -3.52. The molecule has 0 saturated carbocycles. The SMILES string of the molecule is COc1ccc(C[C@H]2c3cc(OC)c(OC)cc3CC=[N+]2C(=O)OC(C)(C)C)cc1OC.O=S(=O)([O-])C(F)(F)F. The van der Waals surface area contributed by atoms with Crippen LogP contribution in [0.4, 0.5) is 18.0 Å². The Kier molecular flexibility index (Phi) is 10.4. The summed E-state index contributed by atoms with van der Waals surface area (Å²) in [5.41, 5.74) is -3.18. The molecule has 1 aliphatic rings. The van der Waals surface area contributed by atoms with E-state index in [1.54, 1.807) is 33.0 Å². The monoisotopic (exact) mass is 591 g/mol. The first-order valence-electron chi connectivity index (χ1n) is 11.8. The van der Waals surface area contributed by atoms with Gasteiger partial charge in [-0.1, -0.05) is 6.07 Å². The zero-order valence-electron chi connectivity index (χ0n) is 23.1. The van der Waals surface area contributed by atoms with Crippen molar-refractivity contribution in [3.63, 3.8) is 0 Å². The van der Waals surface area contributed by atoms with Crippen molar-refractivity contribution in [2.75, 3.05) is 28.4 Å². The maximum atomic E-state index is 13.1. The summed E-state index contributed by atoms with van der Waals surface area (Å²) in [6.45, 7) is 5.58.